The van der Waals surface area contributed by atoms with Gasteiger partial charge in [-0.25, -0.2) is 0 Å². The van der Waals surface area contributed by atoms with Gasteiger partial charge in [0.15, 0.2) is 0 Å². The van der Waals surface area contributed by atoms with Crippen LogP contribution in [0.2, 0.25) is 0 Å². The van der Waals surface area contributed by atoms with Crippen LogP contribution in [0.4, 0.5) is 0 Å². The van der Waals surface area contributed by atoms with Gasteiger partial charge in [0.25, 0.3) is 0 Å². The summed E-state index contributed by atoms with van der Waals surface area (Å²) in [5.41, 5.74) is 0. The van der Waals surface area contributed by atoms with Gasteiger partial charge in [-0.3, -0.25) is 0 Å². The van der Waals surface area contributed by atoms with Crippen molar-refractivity contribution in [2.24, 2.45) is 5.92 Å². The van der Waals surface area contributed by atoms with Crippen LogP contribution in [0.15, 0.2) is 0 Å². The molecule has 0 aliphatic carbocycles. The molecule has 0 aromatic rings. The summed E-state index contributed by atoms with van der Waals surface area (Å²) in [7, 11) is 0. The summed E-state index contributed by atoms with van der Waals surface area (Å²) in [6, 6.07) is 0. The normalized spacial score (nSPS) is 12.4. The van der Waals surface area contributed by atoms with Crippen molar-refractivity contribution < 1.29 is 37.9 Å². The van der Waals surface area contributed by atoms with Gasteiger partial charge in [0.05, 0.1) is 92.5 Å². The molecule has 1 atom stereocenters. The van der Waals surface area contributed by atoms with Crippen LogP contribution < -0.4 is 0 Å². The van der Waals surface area contributed by atoms with E-state index in [0.29, 0.717) is 98.4 Å². The zero-order valence-electron chi connectivity index (χ0n) is 28.1. The smallest absolute Gasteiger partial charge is 0.0701 e. The molecule has 0 amide bonds. The van der Waals surface area contributed by atoms with Gasteiger partial charge < -0.3 is 37.9 Å². The summed E-state index contributed by atoms with van der Waals surface area (Å²) >= 11 is 0. The molecule has 0 aliphatic rings. The van der Waals surface area contributed by atoms with Crippen LogP contribution in [-0.4, -0.2) is 106 Å². The van der Waals surface area contributed by atoms with E-state index in [2.05, 4.69) is 20.8 Å². The lowest BCUT2D eigenvalue weighted by molar-refractivity contribution is -0.0238. The van der Waals surface area contributed by atoms with Crippen LogP contribution in [0.5, 0.6) is 0 Å². The molecule has 1 unspecified atom stereocenters. The third-order valence-electron chi connectivity index (χ3n) is 7.10. The molecule has 0 aromatic carbocycles. The standard InChI is InChI=1S/C34H70O8/c1-4-6-7-8-9-10-11-12-13-14-15-16-17-18-35-19-20-36-21-22-37-23-24-38-25-26-39-27-28-40-29-30-41-31-32-42-33-34(3)5-2/h34H,4-33H2,1-3H3. The van der Waals surface area contributed by atoms with Gasteiger partial charge in [0, 0.05) is 13.2 Å². The molecular weight excluding hydrogens is 536 g/mol. The monoisotopic (exact) mass is 607 g/mol. The highest BCUT2D eigenvalue weighted by molar-refractivity contribution is 4.49. The minimum atomic E-state index is 0.551. The highest BCUT2D eigenvalue weighted by atomic mass is 16.6. The van der Waals surface area contributed by atoms with Crippen molar-refractivity contribution >= 4 is 0 Å². The Balaban J connectivity index is 3.04. The largest absolute Gasteiger partial charge is 0.379 e. The molecule has 254 valence electrons. The van der Waals surface area contributed by atoms with Gasteiger partial charge in [0.2, 0.25) is 0 Å². The molecule has 0 spiro atoms. The minimum Gasteiger partial charge on any atom is -0.379 e. The Kier molecular flexibility index (Phi) is 38.4. The van der Waals surface area contributed by atoms with Crippen molar-refractivity contribution in [1.29, 1.82) is 0 Å². The minimum absolute atomic E-state index is 0.551. The van der Waals surface area contributed by atoms with Crippen LogP contribution in [0, 0.1) is 5.92 Å². The van der Waals surface area contributed by atoms with Crippen LogP contribution in [0.1, 0.15) is 111 Å². The molecule has 0 radical (unpaired) electrons. The van der Waals surface area contributed by atoms with E-state index in [-0.39, 0.29) is 0 Å². The van der Waals surface area contributed by atoms with E-state index >= 15 is 0 Å². The van der Waals surface area contributed by atoms with Crippen molar-refractivity contribution in [3.63, 3.8) is 0 Å². The number of hydrogen-bond acceptors (Lipinski definition) is 8. The quantitative estimate of drug-likeness (QED) is 0.0680. The van der Waals surface area contributed by atoms with Gasteiger partial charge in [-0.15, -0.1) is 0 Å². The molecule has 0 saturated heterocycles. The fourth-order valence-electron chi connectivity index (χ4n) is 4.16. The van der Waals surface area contributed by atoms with E-state index in [4.69, 9.17) is 37.9 Å². The molecule has 0 heterocycles. The van der Waals surface area contributed by atoms with Gasteiger partial charge in [0.1, 0.15) is 0 Å². The molecule has 0 rings (SSSR count). The van der Waals surface area contributed by atoms with E-state index < -0.39 is 0 Å². The number of rotatable bonds is 38. The maximum absolute atomic E-state index is 5.67. The molecule has 0 aromatic heterocycles. The van der Waals surface area contributed by atoms with Gasteiger partial charge in [-0.05, 0) is 12.3 Å². The Morgan fingerprint density at radius 3 is 0.881 bits per heavy atom. The molecule has 0 aliphatic heterocycles. The predicted octanol–water partition coefficient (Wildman–Crippen LogP) is 7.26. The molecule has 42 heavy (non-hydrogen) atoms. The van der Waals surface area contributed by atoms with E-state index in [0.717, 1.165) is 26.1 Å². The summed E-state index contributed by atoms with van der Waals surface area (Å²) in [5, 5.41) is 0. The Morgan fingerprint density at radius 1 is 0.310 bits per heavy atom. The zero-order valence-corrected chi connectivity index (χ0v) is 28.1. The van der Waals surface area contributed by atoms with Crippen LogP contribution in [-0.2, 0) is 37.9 Å². The fraction of sp³-hybridized carbons (Fsp3) is 1.00. The molecule has 8 heteroatoms. The summed E-state index contributed by atoms with van der Waals surface area (Å²) in [6.45, 7) is 16.5. The Labute approximate surface area is 260 Å². The first-order chi connectivity index (χ1) is 20.8. The predicted molar refractivity (Wildman–Crippen MR) is 172 cm³/mol. The van der Waals surface area contributed by atoms with E-state index in [1.165, 1.54) is 77.0 Å². The molecule has 0 bridgehead atoms. The SMILES string of the molecule is CCCCCCCCCCCCCCCOCCOCCOCCOCCOCCOCCOCCOCC(C)CC. The van der Waals surface area contributed by atoms with E-state index in [1.54, 1.807) is 0 Å². The maximum atomic E-state index is 5.67. The molecule has 8 nitrogen and oxygen atoms in total. The molecule has 0 fully saturated rings. The Bertz CT molecular complexity index is 469. The maximum Gasteiger partial charge on any atom is 0.0701 e. The van der Waals surface area contributed by atoms with Crippen molar-refractivity contribution in [2.75, 3.05) is 106 Å². The summed E-state index contributed by atoms with van der Waals surface area (Å²) in [5.74, 6) is 0.608. The number of ether oxygens (including phenoxy) is 8. The highest BCUT2D eigenvalue weighted by Crippen LogP contribution is 2.12. The zero-order chi connectivity index (χ0) is 30.4. The Hall–Kier alpha value is -0.320. The van der Waals surface area contributed by atoms with Crippen molar-refractivity contribution in [2.45, 2.75) is 111 Å². The average Bonchev–Trinajstić information content (AvgIpc) is 3.00. The van der Waals surface area contributed by atoms with Crippen LogP contribution in [0.3, 0.4) is 0 Å². The highest BCUT2D eigenvalue weighted by Gasteiger charge is 1.99. The first-order valence-corrected chi connectivity index (χ1v) is 17.4. The fourth-order valence-corrected chi connectivity index (χ4v) is 4.16. The lowest BCUT2D eigenvalue weighted by atomic mass is 10.0. The third kappa shape index (κ3) is 37.7. The second-order valence-electron chi connectivity index (χ2n) is 11.1. The van der Waals surface area contributed by atoms with E-state index in [1.807, 2.05) is 0 Å². The molecule has 0 N–H and O–H groups in total. The van der Waals surface area contributed by atoms with Crippen molar-refractivity contribution in [3.8, 4) is 0 Å². The van der Waals surface area contributed by atoms with Crippen molar-refractivity contribution in [3.05, 3.63) is 0 Å². The first-order valence-electron chi connectivity index (χ1n) is 17.4. The molecule has 0 saturated carbocycles. The van der Waals surface area contributed by atoms with Crippen LogP contribution in [0.25, 0.3) is 0 Å². The Morgan fingerprint density at radius 2 is 0.571 bits per heavy atom. The first kappa shape index (κ1) is 41.7. The second-order valence-corrected chi connectivity index (χ2v) is 11.1. The molecular formula is C34H70O8. The van der Waals surface area contributed by atoms with Gasteiger partial charge in [-0.2, -0.15) is 0 Å². The topological polar surface area (TPSA) is 73.8 Å². The summed E-state index contributed by atoms with van der Waals surface area (Å²) in [6.07, 6.45) is 19.0. The number of hydrogen-bond donors (Lipinski definition) is 0. The lowest BCUT2D eigenvalue weighted by Gasteiger charge is -2.10. The van der Waals surface area contributed by atoms with Gasteiger partial charge in [-0.1, -0.05) is 104 Å². The average molecular weight is 607 g/mol. The van der Waals surface area contributed by atoms with E-state index in [9.17, 15) is 0 Å². The third-order valence-corrected chi connectivity index (χ3v) is 7.10. The summed E-state index contributed by atoms with van der Waals surface area (Å²) < 4.78 is 44.3. The lowest BCUT2D eigenvalue weighted by Crippen LogP contribution is -2.15. The van der Waals surface area contributed by atoms with Gasteiger partial charge >= 0.3 is 0 Å². The van der Waals surface area contributed by atoms with Crippen LogP contribution >= 0.6 is 0 Å². The second kappa shape index (κ2) is 38.7. The number of unbranched alkanes of at least 4 members (excludes halogenated alkanes) is 12. The summed E-state index contributed by atoms with van der Waals surface area (Å²) in [4.78, 5) is 0. The van der Waals surface area contributed by atoms with Crippen molar-refractivity contribution in [1.82, 2.24) is 0 Å².